The van der Waals surface area contributed by atoms with Crippen molar-refractivity contribution in [2.45, 2.75) is 13.0 Å². The molecule has 2 aromatic heterocycles. The fourth-order valence-corrected chi connectivity index (χ4v) is 1.53. The van der Waals surface area contributed by atoms with Crippen molar-refractivity contribution in [3.63, 3.8) is 0 Å². The van der Waals surface area contributed by atoms with Crippen LogP contribution in [0.1, 0.15) is 6.42 Å². The number of nitrogens with one attached hydrogen (secondary N) is 1. The van der Waals surface area contributed by atoms with Crippen LogP contribution in [0.2, 0.25) is 0 Å². The van der Waals surface area contributed by atoms with Gasteiger partial charge in [0.15, 0.2) is 0 Å². The molecular formula is C10H14N6O2. The fraction of sp³-hybridized carbons (Fsp3) is 0.400. The van der Waals surface area contributed by atoms with Crippen LogP contribution >= 0.6 is 0 Å². The van der Waals surface area contributed by atoms with E-state index in [9.17, 15) is 9.59 Å². The van der Waals surface area contributed by atoms with E-state index >= 15 is 0 Å². The summed E-state index contributed by atoms with van der Waals surface area (Å²) in [5.41, 5.74) is 5.22. The van der Waals surface area contributed by atoms with Gasteiger partial charge in [-0.25, -0.2) is 4.79 Å². The average Bonchev–Trinajstić information content (AvgIpc) is 2.79. The lowest BCUT2D eigenvalue weighted by atomic mass is 10.2. The topological polar surface area (TPSA) is 112 Å². The van der Waals surface area contributed by atoms with E-state index in [4.69, 9.17) is 5.73 Å². The van der Waals surface area contributed by atoms with E-state index < -0.39 is 11.2 Å². The number of aromatic nitrogens is 5. The SMILES string of the molecule is Cn1cc(-c2cn(CCCN)nn2)c(=O)[nH]c1=O. The third-order valence-corrected chi connectivity index (χ3v) is 2.51. The summed E-state index contributed by atoms with van der Waals surface area (Å²) in [6, 6.07) is 0. The van der Waals surface area contributed by atoms with E-state index in [0.717, 1.165) is 6.42 Å². The molecule has 0 spiro atoms. The summed E-state index contributed by atoms with van der Waals surface area (Å²) in [4.78, 5) is 25.1. The zero-order chi connectivity index (χ0) is 13.1. The molecule has 0 amide bonds. The van der Waals surface area contributed by atoms with E-state index in [1.54, 1.807) is 17.9 Å². The summed E-state index contributed by atoms with van der Waals surface area (Å²) < 4.78 is 2.91. The van der Waals surface area contributed by atoms with Gasteiger partial charge in [0.2, 0.25) is 0 Å². The summed E-state index contributed by atoms with van der Waals surface area (Å²) in [6.45, 7) is 1.21. The van der Waals surface area contributed by atoms with Crippen molar-refractivity contribution in [2.24, 2.45) is 12.8 Å². The van der Waals surface area contributed by atoms with Gasteiger partial charge in [0.25, 0.3) is 5.56 Å². The third-order valence-electron chi connectivity index (χ3n) is 2.51. The van der Waals surface area contributed by atoms with Crippen molar-refractivity contribution in [3.8, 4) is 11.3 Å². The summed E-state index contributed by atoms with van der Waals surface area (Å²) in [5, 5.41) is 7.80. The summed E-state index contributed by atoms with van der Waals surface area (Å²) >= 11 is 0. The Morgan fingerprint density at radius 1 is 1.39 bits per heavy atom. The van der Waals surface area contributed by atoms with Gasteiger partial charge in [-0.3, -0.25) is 14.5 Å². The number of nitrogens with two attached hydrogens (primary N) is 1. The molecule has 0 fully saturated rings. The number of H-pyrrole nitrogens is 1. The van der Waals surface area contributed by atoms with E-state index in [1.807, 2.05) is 0 Å². The first-order valence-electron chi connectivity index (χ1n) is 5.52. The van der Waals surface area contributed by atoms with Gasteiger partial charge in [-0.1, -0.05) is 5.21 Å². The Kier molecular flexibility index (Phi) is 3.38. The quantitative estimate of drug-likeness (QED) is 0.699. The second kappa shape index (κ2) is 4.96. The number of aromatic amines is 1. The molecule has 0 saturated heterocycles. The smallest absolute Gasteiger partial charge is 0.328 e. The monoisotopic (exact) mass is 250 g/mol. The highest BCUT2D eigenvalue weighted by molar-refractivity contribution is 5.54. The molecule has 2 rings (SSSR count). The van der Waals surface area contributed by atoms with Crippen molar-refractivity contribution in [2.75, 3.05) is 6.54 Å². The van der Waals surface area contributed by atoms with Gasteiger partial charge in [-0.2, -0.15) is 0 Å². The van der Waals surface area contributed by atoms with Gasteiger partial charge in [0.1, 0.15) is 5.69 Å². The summed E-state index contributed by atoms with van der Waals surface area (Å²) in [6.07, 6.45) is 3.88. The second-order valence-electron chi connectivity index (χ2n) is 3.92. The average molecular weight is 250 g/mol. The lowest BCUT2D eigenvalue weighted by molar-refractivity contribution is 0.564. The van der Waals surface area contributed by atoms with Crippen LogP contribution in [0, 0.1) is 0 Å². The lowest BCUT2D eigenvalue weighted by Gasteiger charge is -1.98. The molecule has 8 nitrogen and oxygen atoms in total. The largest absolute Gasteiger partial charge is 0.330 e. The van der Waals surface area contributed by atoms with Crippen LogP contribution in [0.5, 0.6) is 0 Å². The molecule has 0 atom stereocenters. The maximum atomic E-state index is 11.7. The number of aryl methyl sites for hydroxylation is 2. The number of nitrogens with zero attached hydrogens (tertiary/aromatic N) is 4. The van der Waals surface area contributed by atoms with Crippen molar-refractivity contribution in [3.05, 3.63) is 33.2 Å². The van der Waals surface area contributed by atoms with Crippen molar-refractivity contribution in [1.29, 1.82) is 0 Å². The first-order chi connectivity index (χ1) is 8.61. The van der Waals surface area contributed by atoms with Gasteiger partial charge < -0.3 is 10.3 Å². The molecule has 2 heterocycles. The molecule has 0 unspecified atom stereocenters. The van der Waals surface area contributed by atoms with Crippen molar-refractivity contribution in [1.82, 2.24) is 24.5 Å². The molecule has 8 heteroatoms. The Bertz CT molecular complexity index is 653. The molecule has 3 N–H and O–H groups in total. The van der Waals surface area contributed by atoms with E-state index in [0.29, 0.717) is 24.3 Å². The zero-order valence-corrected chi connectivity index (χ0v) is 9.96. The molecule has 0 radical (unpaired) electrons. The van der Waals surface area contributed by atoms with Crippen LogP contribution in [0.3, 0.4) is 0 Å². The van der Waals surface area contributed by atoms with Crippen LogP contribution in [0.15, 0.2) is 22.0 Å². The zero-order valence-electron chi connectivity index (χ0n) is 9.96. The normalized spacial score (nSPS) is 10.8. The Balaban J connectivity index is 2.37. The highest BCUT2D eigenvalue weighted by atomic mass is 16.2. The van der Waals surface area contributed by atoms with Crippen LogP contribution in [-0.4, -0.2) is 31.1 Å². The minimum absolute atomic E-state index is 0.316. The summed E-state index contributed by atoms with van der Waals surface area (Å²) in [7, 11) is 1.56. The number of hydrogen-bond acceptors (Lipinski definition) is 5. The van der Waals surface area contributed by atoms with Crippen LogP contribution < -0.4 is 17.0 Å². The molecule has 0 saturated carbocycles. The second-order valence-corrected chi connectivity index (χ2v) is 3.92. The Morgan fingerprint density at radius 2 is 2.17 bits per heavy atom. The number of rotatable bonds is 4. The standard InChI is InChI=1S/C10H14N6O2/c1-15-5-7(9(17)12-10(15)18)8-6-16(14-13-8)4-2-3-11/h5-6H,2-4,11H2,1H3,(H,12,17,18). The first-order valence-corrected chi connectivity index (χ1v) is 5.52. The van der Waals surface area contributed by atoms with E-state index in [2.05, 4.69) is 15.3 Å². The maximum absolute atomic E-state index is 11.7. The Hall–Kier alpha value is -2.22. The molecule has 0 aliphatic rings. The van der Waals surface area contributed by atoms with E-state index in [1.165, 1.54) is 10.8 Å². The maximum Gasteiger partial charge on any atom is 0.328 e. The van der Waals surface area contributed by atoms with Crippen LogP contribution in [-0.2, 0) is 13.6 Å². The molecule has 0 aromatic carbocycles. The van der Waals surface area contributed by atoms with Gasteiger partial charge in [-0.15, -0.1) is 5.10 Å². The predicted octanol–water partition coefficient (Wildman–Crippen LogP) is -1.32. The van der Waals surface area contributed by atoms with Gasteiger partial charge in [0.05, 0.1) is 11.8 Å². The molecule has 0 aliphatic heterocycles. The van der Waals surface area contributed by atoms with Crippen LogP contribution in [0.25, 0.3) is 11.3 Å². The molecule has 0 aliphatic carbocycles. The highest BCUT2D eigenvalue weighted by Crippen LogP contribution is 2.08. The highest BCUT2D eigenvalue weighted by Gasteiger charge is 2.09. The molecular weight excluding hydrogens is 236 g/mol. The fourth-order valence-electron chi connectivity index (χ4n) is 1.53. The third kappa shape index (κ3) is 2.38. The van der Waals surface area contributed by atoms with Crippen molar-refractivity contribution >= 4 is 0 Å². The first kappa shape index (κ1) is 12.2. The Morgan fingerprint density at radius 3 is 2.89 bits per heavy atom. The number of hydrogen-bond donors (Lipinski definition) is 2. The molecule has 2 aromatic rings. The van der Waals surface area contributed by atoms with Crippen molar-refractivity contribution < 1.29 is 0 Å². The van der Waals surface area contributed by atoms with E-state index in [-0.39, 0.29) is 0 Å². The van der Waals surface area contributed by atoms with Gasteiger partial charge in [-0.05, 0) is 13.0 Å². The molecule has 96 valence electrons. The molecule has 18 heavy (non-hydrogen) atoms. The van der Waals surface area contributed by atoms with Gasteiger partial charge >= 0.3 is 5.69 Å². The van der Waals surface area contributed by atoms with Gasteiger partial charge in [0, 0.05) is 19.8 Å². The minimum atomic E-state index is -0.469. The predicted molar refractivity (Wildman–Crippen MR) is 65.0 cm³/mol. The summed E-state index contributed by atoms with van der Waals surface area (Å²) in [5.74, 6) is 0. The van der Waals surface area contributed by atoms with Crippen LogP contribution in [0.4, 0.5) is 0 Å². The minimum Gasteiger partial charge on any atom is -0.330 e. The molecule has 0 bridgehead atoms. The lowest BCUT2D eigenvalue weighted by Crippen LogP contribution is -2.28. The Labute approximate surface area is 102 Å².